The lowest BCUT2D eigenvalue weighted by Gasteiger charge is -2.16. The number of amides is 1. The lowest BCUT2D eigenvalue weighted by Crippen LogP contribution is -2.24. The zero-order chi connectivity index (χ0) is 19.8. The molecule has 2 heterocycles. The number of anilines is 1. The molecule has 1 amide bonds. The molecule has 1 N–H and O–H groups in total. The smallest absolute Gasteiger partial charge is 0.251 e. The van der Waals surface area contributed by atoms with Gasteiger partial charge in [-0.2, -0.15) is 0 Å². The number of hydrogen-bond donors (Lipinski definition) is 1. The summed E-state index contributed by atoms with van der Waals surface area (Å²) in [5.41, 5.74) is 1.76. The molecule has 0 aliphatic carbocycles. The van der Waals surface area contributed by atoms with E-state index in [1.807, 2.05) is 30.3 Å². The summed E-state index contributed by atoms with van der Waals surface area (Å²) in [6.45, 7) is 4.92. The monoisotopic (exact) mass is 418 g/mol. The van der Waals surface area contributed by atoms with E-state index in [9.17, 15) is 4.79 Å². The SMILES string of the molecule is CCCCCNC(=O)c1cccc(CSc2nc(Cl)cc(N3CCCC3)n2)c1. The molecule has 0 unspecified atom stereocenters. The molecule has 0 spiro atoms. The van der Waals surface area contributed by atoms with E-state index in [-0.39, 0.29) is 5.91 Å². The standard InChI is InChI=1S/C21H27ClN4OS/c1-2-3-4-10-23-20(27)17-9-7-8-16(13-17)15-28-21-24-18(22)14-19(25-21)26-11-5-6-12-26/h7-9,13-14H,2-6,10-12,15H2,1H3,(H,23,27). The van der Waals surface area contributed by atoms with Gasteiger partial charge in [0.25, 0.3) is 5.91 Å². The first-order valence-corrected chi connectivity index (χ1v) is 11.3. The minimum absolute atomic E-state index is 0.0155. The number of rotatable bonds is 9. The van der Waals surface area contributed by atoms with Gasteiger partial charge in [0.2, 0.25) is 0 Å². The zero-order valence-electron chi connectivity index (χ0n) is 16.3. The third kappa shape index (κ3) is 6.11. The van der Waals surface area contributed by atoms with Crippen LogP contribution < -0.4 is 10.2 Å². The van der Waals surface area contributed by atoms with Gasteiger partial charge < -0.3 is 10.2 Å². The molecule has 1 fully saturated rings. The summed E-state index contributed by atoms with van der Waals surface area (Å²) in [5.74, 6) is 1.58. The average molecular weight is 419 g/mol. The fourth-order valence-corrected chi connectivity index (χ4v) is 4.21. The number of unbranched alkanes of at least 4 members (excludes halogenated alkanes) is 2. The highest BCUT2D eigenvalue weighted by molar-refractivity contribution is 7.98. The lowest BCUT2D eigenvalue weighted by atomic mass is 10.1. The highest BCUT2D eigenvalue weighted by Crippen LogP contribution is 2.26. The Kier molecular flexibility index (Phi) is 7.98. The van der Waals surface area contributed by atoms with Gasteiger partial charge in [0.15, 0.2) is 5.16 Å². The fourth-order valence-electron chi connectivity index (χ4n) is 3.19. The van der Waals surface area contributed by atoms with Crippen molar-refractivity contribution in [2.24, 2.45) is 0 Å². The molecule has 0 bridgehead atoms. The van der Waals surface area contributed by atoms with Crippen molar-refractivity contribution in [1.82, 2.24) is 15.3 Å². The number of carbonyl (C=O) groups is 1. The molecule has 150 valence electrons. The molecule has 5 nitrogen and oxygen atoms in total. The van der Waals surface area contributed by atoms with Crippen molar-refractivity contribution in [3.05, 3.63) is 46.6 Å². The lowest BCUT2D eigenvalue weighted by molar-refractivity contribution is 0.0953. The van der Waals surface area contributed by atoms with Crippen LogP contribution in [0.5, 0.6) is 0 Å². The largest absolute Gasteiger partial charge is 0.356 e. The summed E-state index contributed by atoms with van der Waals surface area (Å²) >= 11 is 7.74. The molecule has 0 radical (unpaired) electrons. The highest BCUT2D eigenvalue weighted by atomic mass is 35.5. The maximum absolute atomic E-state index is 12.3. The average Bonchev–Trinajstić information content (AvgIpc) is 3.24. The Bertz CT molecular complexity index is 796. The van der Waals surface area contributed by atoms with Crippen LogP contribution in [0.1, 0.15) is 54.9 Å². The molecule has 1 aliphatic rings. The summed E-state index contributed by atoms with van der Waals surface area (Å²) in [5, 5.41) is 4.13. The normalized spacial score (nSPS) is 13.7. The first kappa shape index (κ1) is 20.9. The second-order valence-electron chi connectivity index (χ2n) is 6.98. The summed E-state index contributed by atoms with van der Waals surface area (Å²) in [6.07, 6.45) is 5.68. The second-order valence-corrected chi connectivity index (χ2v) is 8.31. The van der Waals surface area contributed by atoms with Gasteiger partial charge in [-0.1, -0.05) is 55.3 Å². The molecule has 0 atom stereocenters. The number of carbonyl (C=O) groups excluding carboxylic acids is 1. The van der Waals surface area contributed by atoms with E-state index in [1.54, 1.807) is 11.8 Å². The van der Waals surface area contributed by atoms with Crippen LogP contribution in [0.15, 0.2) is 35.5 Å². The van der Waals surface area contributed by atoms with E-state index in [0.29, 0.717) is 21.6 Å². The fraction of sp³-hybridized carbons (Fsp3) is 0.476. The van der Waals surface area contributed by atoms with Crippen molar-refractivity contribution in [3.63, 3.8) is 0 Å². The summed E-state index contributed by atoms with van der Waals surface area (Å²) < 4.78 is 0. The van der Waals surface area contributed by atoms with Gasteiger partial charge in [-0.3, -0.25) is 4.79 Å². The molecule has 0 saturated carbocycles. The number of hydrogen-bond acceptors (Lipinski definition) is 5. The van der Waals surface area contributed by atoms with Crippen LogP contribution in [-0.4, -0.2) is 35.5 Å². The van der Waals surface area contributed by atoms with Crippen LogP contribution in [-0.2, 0) is 5.75 Å². The molecule has 1 aromatic carbocycles. The van der Waals surface area contributed by atoms with Gasteiger partial charge in [0.05, 0.1) is 0 Å². The first-order valence-electron chi connectivity index (χ1n) is 9.95. The third-order valence-electron chi connectivity index (χ3n) is 4.71. The highest BCUT2D eigenvalue weighted by Gasteiger charge is 2.16. The Labute approximate surface area is 176 Å². The van der Waals surface area contributed by atoms with Gasteiger partial charge >= 0.3 is 0 Å². The van der Waals surface area contributed by atoms with Gasteiger partial charge in [-0.25, -0.2) is 9.97 Å². The Hall–Kier alpha value is -1.79. The maximum atomic E-state index is 12.3. The molecule has 3 rings (SSSR count). The molecular weight excluding hydrogens is 392 g/mol. The molecule has 1 aromatic heterocycles. The van der Waals surface area contributed by atoms with Gasteiger partial charge in [-0.05, 0) is 37.0 Å². The van der Waals surface area contributed by atoms with Crippen molar-refractivity contribution in [2.45, 2.75) is 49.9 Å². The molecule has 1 aliphatic heterocycles. The Balaban J connectivity index is 1.59. The summed E-state index contributed by atoms with van der Waals surface area (Å²) in [4.78, 5) is 23.6. The van der Waals surface area contributed by atoms with E-state index in [1.165, 1.54) is 12.8 Å². The van der Waals surface area contributed by atoms with E-state index in [4.69, 9.17) is 11.6 Å². The molecule has 2 aromatic rings. The number of halogens is 1. The number of nitrogens with one attached hydrogen (secondary N) is 1. The van der Waals surface area contributed by atoms with Crippen LogP contribution in [0.2, 0.25) is 5.15 Å². The van der Waals surface area contributed by atoms with Crippen LogP contribution in [0.4, 0.5) is 5.82 Å². The quantitative estimate of drug-likeness (QED) is 0.270. The minimum Gasteiger partial charge on any atom is -0.356 e. The Morgan fingerprint density at radius 1 is 1.21 bits per heavy atom. The van der Waals surface area contributed by atoms with Crippen LogP contribution >= 0.6 is 23.4 Å². The summed E-state index contributed by atoms with van der Waals surface area (Å²) in [7, 11) is 0. The van der Waals surface area contributed by atoms with E-state index >= 15 is 0 Å². The van der Waals surface area contributed by atoms with Crippen molar-refractivity contribution < 1.29 is 4.79 Å². The number of thioether (sulfide) groups is 1. The van der Waals surface area contributed by atoms with Crippen molar-refractivity contribution in [3.8, 4) is 0 Å². The zero-order valence-corrected chi connectivity index (χ0v) is 17.9. The predicted molar refractivity (Wildman–Crippen MR) is 116 cm³/mol. The van der Waals surface area contributed by atoms with E-state index in [2.05, 4.69) is 27.1 Å². The van der Waals surface area contributed by atoms with Crippen molar-refractivity contribution in [1.29, 1.82) is 0 Å². The maximum Gasteiger partial charge on any atom is 0.251 e. The summed E-state index contributed by atoms with van der Waals surface area (Å²) in [6, 6.07) is 9.57. The van der Waals surface area contributed by atoms with Gasteiger partial charge in [0, 0.05) is 37.0 Å². The van der Waals surface area contributed by atoms with Crippen LogP contribution in [0.25, 0.3) is 0 Å². The second kappa shape index (κ2) is 10.7. The number of nitrogens with zero attached hydrogens (tertiary/aromatic N) is 3. The van der Waals surface area contributed by atoms with Crippen LogP contribution in [0, 0.1) is 0 Å². The third-order valence-corrected chi connectivity index (χ3v) is 5.83. The van der Waals surface area contributed by atoms with Crippen LogP contribution in [0.3, 0.4) is 0 Å². The van der Waals surface area contributed by atoms with Crippen molar-refractivity contribution >= 4 is 35.1 Å². The predicted octanol–water partition coefficient (Wildman–Crippen LogP) is 4.94. The first-order chi connectivity index (χ1) is 13.7. The molecule has 7 heteroatoms. The number of aromatic nitrogens is 2. The molecular formula is C21H27ClN4OS. The van der Waals surface area contributed by atoms with E-state index < -0.39 is 0 Å². The topological polar surface area (TPSA) is 58.1 Å². The number of benzene rings is 1. The molecule has 28 heavy (non-hydrogen) atoms. The van der Waals surface area contributed by atoms with Gasteiger partial charge in [-0.15, -0.1) is 0 Å². The Morgan fingerprint density at radius 3 is 2.82 bits per heavy atom. The van der Waals surface area contributed by atoms with Gasteiger partial charge in [0.1, 0.15) is 11.0 Å². The molecule has 1 saturated heterocycles. The minimum atomic E-state index is -0.0155. The van der Waals surface area contributed by atoms with Crippen molar-refractivity contribution in [2.75, 3.05) is 24.5 Å². The van der Waals surface area contributed by atoms with E-state index in [0.717, 1.165) is 50.3 Å². The Morgan fingerprint density at radius 2 is 2.04 bits per heavy atom.